The van der Waals surface area contributed by atoms with Gasteiger partial charge in [-0.2, -0.15) is 0 Å². The number of morpholine rings is 1. The number of ether oxygens (including phenoxy) is 2. The number of amides is 1. The molecule has 0 saturated carbocycles. The third-order valence-electron chi connectivity index (χ3n) is 4.68. The lowest BCUT2D eigenvalue weighted by atomic mass is 9.78. The lowest BCUT2D eigenvalue weighted by molar-refractivity contribution is -0.136. The molecule has 0 unspecified atom stereocenters. The summed E-state index contributed by atoms with van der Waals surface area (Å²) < 4.78 is 11.0. The molecule has 0 radical (unpaired) electrons. The van der Waals surface area contributed by atoms with E-state index in [1.165, 1.54) is 0 Å². The summed E-state index contributed by atoms with van der Waals surface area (Å²) >= 11 is 0. The second-order valence-electron chi connectivity index (χ2n) is 7.10. The number of nitrogens with zero attached hydrogens (tertiary/aromatic N) is 1. The molecule has 0 atom stereocenters. The molecule has 2 N–H and O–H groups in total. The predicted octanol–water partition coefficient (Wildman–Crippen LogP) is 0.230. The number of hydrogen-bond donors (Lipinski definition) is 2. The van der Waals surface area contributed by atoms with Gasteiger partial charge in [0.1, 0.15) is 0 Å². The number of nitrogens with one attached hydrogen (secondary N) is 2. The highest BCUT2D eigenvalue weighted by Gasteiger charge is 2.39. The van der Waals surface area contributed by atoms with E-state index < -0.39 is 0 Å². The number of hydrogen-bond acceptors (Lipinski definition) is 5. The Morgan fingerprint density at radius 3 is 2.73 bits per heavy atom. The molecule has 2 aliphatic heterocycles. The number of piperidine rings is 1. The highest BCUT2D eigenvalue weighted by atomic mass is 16.5. The van der Waals surface area contributed by atoms with Crippen molar-refractivity contribution in [2.24, 2.45) is 5.41 Å². The van der Waals surface area contributed by atoms with E-state index in [-0.39, 0.29) is 16.9 Å². The first kappa shape index (κ1) is 17.7. The summed E-state index contributed by atoms with van der Waals surface area (Å²) in [5, 5.41) is 6.44. The highest BCUT2D eigenvalue weighted by molar-refractivity contribution is 5.83. The summed E-state index contributed by atoms with van der Waals surface area (Å²) in [5.41, 5.74) is -0.446. The van der Waals surface area contributed by atoms with Gasteiger partial charge in [-0.3, -0.25) is 9.69 Å². The van der Waals surface area contributed by atoms with Crippen molar-refractivity contribution in [2.75, 3.05) is 59.6 Å². The van der Waals surface area contributed by atoms with Crippen LogP contribution in [0.5, 0.6) is 0 Å². The molecule has 2 rings (SSSR count). The van der Waals surface area contributed by atoms with Crippen molar-refractivity contribution in [3.63, 3.8) is 0 Å². The fraction of sp³-hybridized carbons (Fsp3) is 0.938. The quantitative estimate of drug-likeness (QED) is 0.735. The standard InChI is InChI=1S/C16H31N3O3/c1-15(2)12-19(10-11-22-15)9-8-18-14(20)16(13-21-3)4-6-17-7-5-16/h17H,4-13H2,1-3H3,(H,18,20). The van der Waals surface area contributed by atoms with Gasteiger partial charge >= 0.3 is 0 Å². The zero-order valence-corrected chi connectivity index (χ0v) is 14.2. The van der Waals surface area contributed by atoms with Gasteiger partial charge in [0.15, 0.2) is 0 Å². The van der Waals surface area contributed by atoms with E-state index >= 15 is 0 Å². The summed E-state index contributed by atoms with van der Waals surface area (Å²) in [5.74, 6) is 0.142. The normalized spacial score (nSPS) is 24.9. The Labute approximate surface area is 133 Å². The lowest BCUT2D eigenvalue weighted by Gasteiger charge is -2.39. The Balaban J connectivity index is 1.78. The van der Waals surface area contributed by atoms with E-state index in [9.17, 15) is 4.79 Å². The molecule has 2 aliphatic rings. The first-order chi connectivity index (χ1) is 10.5. The Bertz CT molecular complexity index is 362. The maximum atomic E-state index is 12.6. The molecular weight excluding hydrogens is 282 g/mol. The molecule has 0 aromatic carbocycles. The van der Waals surface area contributed by atoms with Gasteiger partial charge in [0, 0.05) is 33.3 Å². The first-order valence-electron chi connectivity index (χ1n) is 8.32. The average molecular weight is 313 g/mol. The van der Waals surface area contributed by atoms with E-state index in [1.54, 1.807) is 7.11 Å². The van der Waals surface area contributed by atoms with Crippen LogP contribution in [0.2, 0.25) is 0 Å². The maximum absolute atomic E-state index is 12.6. The van der Waals surface area contributed by atoms with Crippen LogP contribution < -0.4 is 10.6 Å². The molecule has 2 heterocycles. The van der Waals surface area contributed by atoms with Crippen LogP contribution in [0.1, 0.15) is 26.7 Å². The smallest absolute Gasteiger partial charge is 0.228 e. The molecule has 0 bridgehead atoms. The zero-order chi connectivity index (χ0) is 16.1. The van der Waals surface area contributed by atoms with Crippen LogP contribution in [-0.2, 0) is 14.3 Å². The number of carbonyl (C=O) groups is 1. The van der Waals surface area contributed by atoms with Gasteiger partial charge in [-0.25, -0.2) is 0 Å². The predicted molar refractivity (Wildman–Crippen MR) is 85.9 cm³/mol. The maximum Gasteiger partial charge on any atom is 0.228 e. The second-order valence-corrected chi connectivity index (χ2v) is 7.10. The molecule has 2 saturated heterocycles. The van der Waals surface area contributed by atoms with Crippen LogP contribution in [0.4, 0.5) is 0 Å². The van der Waals surface area contributed by atoms with Crippen molar-refractivity contribution in [2.45, 2.75) is 32.3 Å². The monoisotopic (exact) mass is 313 g/mol. The van der Waals surface area contributed by atoms with E-state index in [1.807, 2.05) is 0 Å². The molecule has 1 amide bonds. The molecule has 22 heavy (non-hydrogen) atoms. The lowest BCUT2D eigenvalue weighted by Crippen LogP contribution is -2.53. The van der Waals surface area contributed by atoms with Gasteiger partial charge in [-0.1, -0.05) is 0 Å². The van der Waals surface area contributed by atoms with Crippen LogP contribution in [0.3, 0.4) is 0 Å². The Hall–Kier alpha value is -0.690. The Morgan fingerprint density at radius 2 is 2.09 bits per heavy atom. The van der Waals surface area contributed by atoms with E-state index in [0.29, 0.717) is 13.2 Å². The van der Waals surface area contributed by atoms with Crippen LogP contribution in [0.25, 0.3) is 0 Å². The van der Waals surface area contributed by atoms with Gasteiger partial charge in [-0.15, -0.1) is 0 Å². The fourth-order valence-electron chi connectivity index (χ4n) is 3.44. The third kappa shape index (κ3) is 4.65. The molecule has 0 aromatic rings. The van der Waals surface area contributed by atoms with Crippen molar-refractivity contribution in [3.8, 4) is 0 Å². The minimum absolute atomic E-state index is 0.0887. The topological polar surface area (TPSA) is 62.8 Å². The van der Waals surface area contributed by atoms with E-state index in [2.05, 4.69) is 29.4 Å². The summed E-state index contributed by atoms with van der Waals surface area (Å²) in [7, 11) is 1.67. The van der Waals surface area contributed by atoms with Crippen molar-refractivity contribution in [1.82, 2.24) is 15.5 Å². The molecule has 128 valence electrons. The van der Waals surface area contributed by atoms with Crippen LogP contribution in [-0.4, -0.2) is 76.0 Å². The van der Waals surface area contributed by atoms with Crippen molar-refractivity contribution in [3.05, 3.63) is 0 Å². The minimum atomic E-state index is -0.357. The van der Waals surface area contributed by atoms with Gasteiger partial charge in [-0.05, 0) is 39.8 Å². The number of methoxy groups -OCH3 is 1. The summed E-state index contributed by atoms with van der Waals surface area (Å²) in [6, 6.07) is 0. The molecule has 2 fully saturated rings. The Morgan fingerprint density at radius 1 is 1.36 bits per heavy atom. The van der Waals surface area contributed by atoms with Gasteiger partial charge < -0.3 is 20.1 Å². The molecule has 0 spiro atoms. The summed E-state index contributed by atoms with van der Waals surface area (Å²) in [6.07, 6.45) is 1.69. The van der Waals surface area contributed by atoms with E-state index in [4.69, 9.17) is 9.47 Å². The van der Waals surface area contributed by atoms with E-state index in [0.717, 1.165) is 52.2 Å². The highest BCUT2D eigenvalue weighted by Crippen LogP contribution is 2.29. The Kier molecular flexibility index (Phi) is 6.20. The minimum Gasteiger partial charge on any atom is -0.384 e. The fourth-order valence-corrected chi connectivity index (χ4v) is 3.44. The van der Waals surface area contributed by atoms with Crippen molar-refractivity contribution < 1.29 is 14.3 Å². The van der Waals surface area contributed by atoms with Crippen LogP contribution in [0.15, 0.2) is 0 Å². The average Bonchev–Trinajstić information content (AvgIpc) is 2.47. The third-order valence-corrected chi connectivity index (χ3v) is 4.68. The molecule has 0 aromatic heterocycles. The van der Waals surface area contributed by atoms with Gasteiger partial charge in [0.25, 0.3) is 0 Å². The summed E-state index contributed by atoms with van der Waals surface area (Å²) in [4.78, 5) is 15.0. The SMILES string of the molecule is COCC1(C(=O)NCCN2CCOC(C)(C)C2)CCNCC1. The van der Waals surface area contributed by atoms with Gasteiger partial charge in [0.05, 0.1) is 24.2 Å². The summed E-state index contributed by atoms with van der Waals surface area (Å²) in [6.45, 7) is 10.7. The molecule has 6 heteroatoms. The first-order valence-corrected chi connectivity index (χ1v) is 8.32. The number of carbonyl (C=O) groups excluding carboxylic acids is 1. The largest absolute Gasteiger partial charge is 0.384 e. The van der Waals surface area contributed by atoms with Crippen LogP contribution >= 0.6 is 0 Å². The zero-order valence-electron chi connectivity index (χ0n) is 14.2. The molecular formula is C16H31N3O3. The van der Waals surface area contributed by atoms with Crippen LogP contribution in [0, 0.1) is 5.41 Å². The number of rotatable bonds is 6. The molecule has 0 aliphatic carbocycles. The van der Waals surface area contributed by atoms with Crippen molar-refractivity contribution >= 4 is 5.91 Å². The van der Waals surface area contributed by atoms with Crippen molar-refractivity contribution in [1.29, 1.82) is 0 Å². The second kappa shape index (κ2) is 7.73. The molecule has 6 nitrogen and oxygen atoms in total. The van der Waals surface area contributed by atoms with Gasteiger partial charge in [0.2, 0.25) is 5.91 Å².